The lowest BCUT2D eigenvalue weighted by molar-refractivity contribution is 1.22. The van der Waals surface area contributed by atoms with Crippen LogP contribution in [0.3, 0.4) is 0 Å². The van der Waals surface area contributed by atoms with E-state index in [0.29, 0.717) is 0 Å². The lowest BCUT2D eigenvalue weighted by Gasteiger charge is -2.11. The van der Waals surface area contributed by atoms with Crippen LogP contribution < -0.4 is 0 Å². The van der Waals surface area contributed by atoms with Gasteiger partial charge in [-0.2, -0.15) is 0 Å². The standard InChI is InChI=1S/C41H26N4S/c1-2-11-28(12-3-1)31-13-10-17-37-40(31)39(41-45(37)36-16-4-5-18-38(36)46-41)29-21-19-27(20-22-29)30-25-34(32-14-6-8-23-42-32)44-35(26-30)33-15-7-9-24-43-33/h1-26H. The third kappa shape index (κ3) is 4.40. The highest BCUT2D eigenvalue weighted by Gasteiger charge is 2.21. The van der Waals surface area contributed by atoms with Gasteiger partial charge in [-0.05, 0) is 82.4 Å². The van der Waals surface area contributed by atoms with Gasteiger partial charge in [-0.15, -0.1) is 11.3 Å². The van der Waals surface area contributed by atoms with E-state index in [1.54, 1.807) is 12.4 Å². The molecule has 4 nitrogen and oxygen atoms in total. The number of fused-ring (bicyclic) bond motifs is 5. The molecule has 0 aliphatic heterocycles. The largest absolute Gasteiger partial charge is 0.299 e. The van der Waals surface area contributed by atoms with E-state index in [-0.39, 0.29) is 0 Å². The van der Waals surface area contributed by atoms with Crippen molar-refractivity contribution in [3.63, 3.8) is 0 Å². The summed E-state index contributed by atoms with van der Waals surface area (Å²) in [5.74, 6) is 0. The van der Waals surface area contributed by atoms with Crippen LogP contribution in [-0.2, 0) is 0 Å². The average Bonchev–Trinajstić information content (AvgIpc) is 3.67. The van der Waals surface area contributed by atoms with Crippen LogP contribution in [0.5, 0.6) is 0 Å². The maximum absolute atomic E-state index is 4.96. The molecular formula is C41H26N4S. The zero-order valence-electron chi connectivity index (χ0n) is 24.7. The van der Waals surface area contributed by atoms with Gasteiger partial charge in [0.05, 0.1) is 38.5 Å². The molecule has 0 radical (unpaired) electrons. The van der Waals surface area contributed by atoms with Crippen molar-refractivity contribution in [1.29, 1.82) is 0 Å². The van der Waals surface area contributed by atoms with Gasteiger partial charge < -0.3 is 0 Å². The Labute approximate surface area is 269 Å². The first kappa shape index (κ1) is 26.5. The molecule has 0 N–H and O–H groups in total. The van der Waals surface area contributed by atoms with Gasteiger partial charge in [0.2, 0.25) is 0 Å². The van der Waals surface area contributed by atoms with Gasteiger partial charge in [0, 0.05) is 23.3 Å². The number of benzene rings is 4. The summed E-state index contributed by atoms with van der Waals surface area (Å²) in [7, 11) is 0. The zero-order valence-corrected chi connectivity index (χ0v) is 25.5. The lowest BCUT2D eigenvalue weighted by Crippen LogP contribution is -1.93. The molecule has 0 atom stereocenters. The Kier molecular flexibility index (Phi) is 6.28. The Hall–Kier alpha value is -5.91. The third-order valence-corrected chi connectivity index (χ3v) is 9.68. The van der Waals surface area contributed by atoms with Crippen molar-refractivity contribution in [2.75, 3.05) is 0 Å². The van der Waals surface area contributed by atoms with E-state index in [4.69, 9.17) is 4.98 Å². The number of aromatic nitrogens is 4. The summed E-state index contributed by atoms with van der Waals surface area (Å²) >= 11 is 1.85. The Morgan fingerprint density at radius 2 is 1.09 bits per heavy atom. The zero-order chi connectivity index (χ0) is 30.5. The van der Waals surface area contributed by atoms with Crippen molar-refractivity contribution in [3.8, 4) is 56.2 Å². The van der Waals surface area contributed by atoms with E-state index in [1.165, 1.54) is 48.2 Å². The summed E-state index contributed by atoms with van der Waals surface area (Å²) in [5, 5.41) is 1.28. The van der Waals surface area contributed by atoms with Crippen molar-refractivity contribution >= 4 is 37.3 Å². The van der Waals surface area contributed by atoms with Crippen molar-refractivity contribution < 1.29 is 0 Å². The normalized spacial score (nSPS) is 11.5. The first-order valence-electron chi connectivity index (χ1n) is 15.3. The molecule has 46 heavy (non-hydrogen) atoms. The first-order chi connectivity index (χ1) is 22.8. The predicted molar refractivity (Wildman–Crippen MR) is 191 cm³/mol. The van der Waals surface area contributed by atoms with Crippen molar-refractivity contribution in [2.24, 2.45) is 0 Å². The minimum Gasteiger partial charge on any atom is -0.299 e. The molecule has 5 heterocycles. The monoisotopic (exact) mass is 606 g/mol. The number of para-hydroxylation sites is 1. The Balaban J connectivity index is 1.24. The predicted octanol–water partition coefficient (Wildman–Crippen LogP) is 10.8. The van der Waals surface area contributed by atoms with Crippen LogP contribution in [0.1, 0.15) is 0 Å². The first-order valence-corrected chi connectivity index (χ1v) is 16.1. The second kappa shape index (κ2) is 10.9. The van der Waals surface area contributed by atoms with Crippen LogP contribution >= 0.6 is 11.3 Å². The SMILES string of the molecule is c1ccc(-c2cccc3c2c(-c2ccc(-c4cc(-c5ccccn5)nc(-c5ccccn5)c4)cc2)c2sc4ccccc4n23)cc1. The molecule has 0 saturated heterocycles. The highest BCUT2D eigenvalue weighted by Crippen LogP contribution is 2.46. The molecule has 5 heteroatoms. The molecule has 0 bridgehead atoms. The van der Waals surface area contributed by atoms with Crippen LogP contribution in [0.15, 0.2) is 158 Å². The molecular weight excluding hydrogens is 581 g/mol. The van der Waals surface area contributed by atoms with Crippen LogP contribution in [-0.4, -0.2) is 19.4 Å². The minimum atomic E-state index is 0.820. The number of hydrogen-bond acceptors (Lipinski definition) is 4. The Bertz CT molecular complexity index is 2440. The van der Waals surface area contributed by atoms with Gasteiger partial charge in [-0.1, -0.05) is 91.0 Å². The topological polar surface area (TPSA) is 43.1 Å². The highest BCUT2D eigenvalue weighted by molar-refractivity contribution is 7.24. The summed E-state index contributed by atoms with van der Waals surface area (Å²) in [6.07, 6.45) is 3.61. The van der Waals surface area contributed by atoms with Gasteiger partial charge >= 0.3 is 0 Å². The molecule has 5 aromatic heterocycles. The number of hydrogen-bond donors (Lipinski definition) is 0. The van der Waals surface area contributed by atoms with Crippen LogP contribution in [0.2, 0.25) is 0 Å². The number of nitrogens with zero attached hydrogens (tertiary/aromatic N) is 4. The Morgan fingerprint density at radius 3 is 1.78 bits per heavy atom. The summed E-state index contributed by atoms with van der Waals surface area (Å²) in [4.78, 5) is 15.4. The molecule has 216 valence electrons. The molecule has 0 saturated carbocycles. The summed E-state index contributed by atoms with van der Waals surface area (Å²) in [5.41, 5.74) is 12.9. The van der Waals surface area contributed by atoms with Crippen molar-refractivity contribution in [2.45, 2.75) is 0 Å². The second-order valence-corrected chi connectivity index (χ2v) is 12.3. The Morgan fingerprint density at radius 1 is 0.457 bits per heavy atom. The average molecular weight is 607 g/mol. The summed E-state index contributed by atoms with van der Waals surface area (Å²) in [6.45, 7) is 0. The molecule has 0 aliphatic carbocycles. The van der Waals surface area contributed by atoms with Crippen molar-refractivity contribution in [3.05, 3.63) is 158 Å². The van der Waals surface area contributed by atoms with Crippen LogP contribution in [0, 0.1) is 0 Å². The van der Waals surface area contributed by atoms with E-state index < -0.39 is 0 Å². The van der Waals surface area contributed by atoms with E-state index in [2.05, 4.69) is 124 Å². The maximum atomic E-state index is 4.96. The molecule has 0 unspecified atom stereocenters. The van der Waals surface area contributed by atoms with Gasteiger partial charge in [-0.3, -0.25) is 14.4 Å². The van der Waals surface area contributed by atoms with Crippen molar-refractivity contribution in [1.82, 2.24) is 19.4 Å². The molecule has 9 rings (SSSR count). The van der Waals surface area contributed by atoms with Gasteiger partial charge in [0.25, 0.3) is 0 Å². The third-order valence-electron chi connectivity index (χ3n) is 8.53. The van der Waals surface area contributed by atoms with Gasteiger partial charge in [0.15, 0.2) is 0 Å². The number of pyridine rings is 3. The van der Waals surface area contributed by atoms with E-state index in [1.807, 2.05) is 47.7 Å². The summed E-state index contributed by atoms with van der Waals surface area (Å²) in [6, 6.07) is 51.1. The fourth-order valence-corrected chi connectivity index (χ4v) is 7.66. The van der Waals surface area contributed by atoms with E-state index in [9.17, 15) is 0 Å². The van der Waals surface area contributed by atoms with E-state index in [0.717, 1.165) is 33.9 Å². The fraction of sp³-hybridized carbons (Fsp3) is 0. The summed E-state index contributed by atoms with van der Waals surface area (Å²) < 4.78 is 3.72. The van der Waals surface area contributed by atoms with Gasteiger partial charge in [-0.25, -0.2) is 4.98 Å². The smallest absolute Gasteiger partial charge is 0.109 e. The number of rotatable bonds is 5. The fourth-order valence-electron chi connectivity index (χ4n) is 6.43. The molecule has 0 fully saturated rings. The van der Waals surface area contributed by atoms with Gasteiger partial charge in [0.1, 0.15) is 4.83 Å². The lowest BCUT2D eigenvalue weighted by atomic mass is 9.95. The second-order valence-electron chi connectivity index (χ2n) is 11.3. The van der Waals surface area contributed by atoms with Crippen LogP contribution in [0.25, 0.3) is 82.1 Å². The maximum Gasteiger partial charge on any atom is 0.109 e. The minimum absolute atomic E-state index is 0.820. The van der Waals surface area contributed by atoms with E-state index >= 15 is 0 Å². The molecule has 0 amide bonds. The molecule has 4 aromatic carbocycles. The highest BCUT2D eigenvalue weighted by atomic mass is 32.1. The molecule has 9 aromatic rings. The molecule has 0 spiro atoms. The molecule has 0 aliphatic rings. The van der Waals surface area contributed by atoms with Crippen LogP contribution in [0.4, 0.5) is 0 Å². The number of thiazole rings is 1. The quantitative estimate of drug-likeness (QED) is 0.196.